The van der Waals surface area contributed by atoms with E-state index in [0.717, 1.165) is 0 Å². The Kier molecular flexibility index (Phi) is 6.22. The van der Waals surface area contributed by atoms with E-state index < -0.39 is 28.8 Å². The molecule has 0 amide bonds. The first-order valence-electron chi connectivity index (χ1n) is 2.41. The first kappa shape index (κ1) is 14.7. The van der Waals surface area contributed by atoms with Crippen LogP contribution in [0.25, 0.3) is 0 Å². The summed E-state index contributed by atoms with van der Waals surface area (Å²) in [5.74, 6) is -1.17. The molecule has 0 atom stereocenters. The van der Waals surface area contributed by atoms with Crippen LogP contribution in [-0.4, -0.2) is 27.1 Å². The molecule has 0 rings (SSSR count). The van der Waals surface area contributed by atoms with Crippen molar-refractivity contribution < 1.29 is 46.3 Å². The van der Waals surface area contributed by atoms with E-state index in [1.165, 1.54) is 0 Å². The molecule has 0 spiro atoms. The number of nitrogens with one attached hydrogen (secondary N) is 1. The van der Waals surface area contributed by atoms with Crippen molar-refractivity contribution in [2.24, 2.45) is 0 Å². The van der Waals surface area contributed by atoms with Crippen molar-refractivity contribution in [1.29, 1.82) is 0 Å². The minimum atomic E-state index is -5.02. The minimum Gasteiger partial charge on any atom is -1.00 e. The maximum atomic E-state index is 11.3. The average molecular weight is 203 g/mol. The Morgan fingerprint density at radius 3 is 2.00 bits per heavy atom. The molecule has 9 heteroatoms. The van der Waals surface area contributed by atoms with E-state index >= 15 is 0 Å². The molecule has 0 unspecified atom stereocenters. The molecule has 12 heavy (non-hydrogen) atoms. The second kappa shape index (κ2) is 5.06. The van der Waals surface area contributed by atoms with Crippen LogP contribution >= 0.6 is 0 Å². The zero-order valence-corrected chi connectivity index (χ0v) is 6.97. The van der Waals surface area contributed by atoms with E-state index in [2.05, 4.69) is 0 Å². The third-order valence-electron chi connectivity index (χ3n) is 0.617. The van der Waals surface area contributed by atoms with Crippen molar-refractivity contribution in [1.82, 2.24) is 4.72 Å². The molecule has 1 N–H and O–H groups in total. The van der Waals surface area contributed by atoms with Gasteiger partial charge in [-0.1, -0.05) is 0 Å². The van der Waals surface area contributed by atoms with Gasteiger partial charge in [-0.25, -0.2) is 12.8 Å². The van der Waals surface area contributed by atoms with Gasteiger partial charge in [-0.2, -0.15) is 13.2 Å². The van der Waals surface area contributed by atoms with Gasteiger partial charge in [0.25, 0.3) is 0 Å². The Bertz CT molecular complexity index is 218. The largest absolute Gasteiger partial charge is 1.00 e. The Labute approximate surface area is 80.2 Å². The summed E-state index contributed by atoms with van der Waals surface area (Å²) in [5.41, 5.74) is 0. The van der Waals surface area contributed by atoms with Crippen molar-refractivity contribution in [2.45, 2.75) is 6.30 Å². The molecular formula is C3H6F4LiNO2S. The molecule has 0 aliphatic heterocycles. The summed E-state index contributed by atoms with van der Waals surface area (Å²) >= 11 is 0. The molecule has 0 aliphatic carbocycles. The molecule has 0 bridgehead atoms. The van der Waals surface area contributed by atoms with Crippen LogP contribution in [0.5, 0.6) is 0 Å². The van der Waals surface area contributed by atoms with Gasteiger partial charge in [0.2, 0.25) is 10.0 Å². The van der Waals surface area contributed by atoms with E-state index in [4.69, 9.17) is 0 Å². The molecule has 0 aromatic carbocycles. The first-order valence-corrected chi connectivity index (χ1v) is 4.06. The molecule has 0 heterocycles. The zero-order chi connectivity index (χ0) is 9.12. The molecule has 0 aliphatic rings. The number of rotatable bonds is 3. The standard InChI is InChI=1S/C3H5F4NO2S.Li.H/c4-1-2-11(9,10)8-3(5,6)7;;/h8H,1-2H2;;/q;+1;-1. The number of halogens is 4. The van der Waals surface area contributed by atoms with Gasteiger partial charge < -0.3 is 1.43 Å². The fraction of sp³-hybridized carbons (Fsp3) is 1.00. The Morgan fingerprint density at radius 2 is 1.75 bits per heavy atom. The summed E-state index contributed by atoms with van der Waals surface area (Å²) in [6.07, 6.45) is -5.02. The van der Waals surface area contributed by atoms with Crippen LogP contribution in [0.2, 0.25) is 0 Å². The van der Waals surface area contributed by atoms with Crippen molar-refractivity contribution in [3.05, 3.63) is 0 Å². The second-order valence-electron chi connectivity index (χ2n) is 1.61. The molecule has 0 fully saturated rings. The predicted molar refractivity (Wildman–Crippen MR) is 30.1 cm³/mol. The van der Waals surface area contributed by atoms with Crippen LogP contribution in [0.15, 0.2) is 0 Å². The quantitative estimate of drug-likeness (QED) is 0.313. The van der Waals surface area contributed by atoms with Gasteiger partial charge in [0.1, 0.15) is 6.67 Å². The molecule has 0 saturated carbocycles. The molecule has 0 aromatic rings. The van der Waals surface area contributed by atoms with Crippen molar-refractivity contribution >= 4 is 10.0 Å². The zero-order valence-electron chi connectivity index (χ0n) is 7.15. The van der Waals surface area contributed by atoms with Crippen LogP contribution in [0.3, 0.4) is 0 Å². The van der Waals surface area contributed by atoms with E-state index in [-0.39, 0.29) is 20.3 Å². The van der Waals surface area contributed by atoms with Crippen molar-refractivity contribution in [3.8, 4) is 0 Å². The van der Waals surface area contributed by atoms with Crippen LogP contribution in [0, 0.1) is 0 Å². The molecule has 0 saturated heterocycles. The van der Waals surface area contributed by atoms with E-state index in [9.17, 15) is 26.0 Å². The summed E-state index contributed by atoms with van der Waals surface area (Å²) in [7, 11) is -4.54. The monoisotopic (exact) mass is 203 g/mol. The topological polar surface area (TPSA) is 46.2 Å². The third kappa shape index (κ3) is 8.33. The molecule has 70 valence electrons. The molecule has 0 radical (unpaired) electrons. The normalized spacial score (nSPS) is 12.3. The summed E-state index contributed by atoms with van der Waals surface area (Å²) in [6.45, 7) is -1.34. The summed E-state index contributed by atoms with van der Waals surface area (Å²) in [4.78, 5) is 0. The Balaban J connectivity index is -0.000000500. The fourth-order valence-electron chi connectivity index (χ4n) is 0.329. The van der Waals surface area contributed by atoms with Gasteiger partial charge in [0.05, 0.1) is 5.75 Å². The van der Waals surface area contributed by atoms with E-state index in [1.807, 2.05) is 0 Å². The van der Waals surface area contributed by atoms with Gasteiger partial charge in [0, 0.05) is 0 Å². The maximum Gasteiger partial charge on any atom is 1.00 e. The fourth-order valence-corrected chi connectivity index (χ4v) is 0.987. The third-order valence-corrected chi connectivity index (χ3v) is 1.85. The van der Waals surface area contributed by atoms with Crippen molar-refractivity contribution in [2.75, 3.05) is 12.4 Å². The van der Waals surface area contributed by atoms with E-state index in [1.54, 1.807) is 0 Å². The second-order valence-corrected chi connectivity index (χ2v) is 3.45. The van der Waals surface area contributed by atoms with Crippen LogP contribution < -0.4 is 23.6 Å². The minimum absolute atomic E-state index is 0. The first-order chi connectivity index (χ1) is 4.77. The smallest absolute Gasteiger partial charge is 1.00 e. The van der Waals surface area contributed by atoms with Crippen LogP contribution in [0.1, 0.15) is 1.43 Å². The van der Waals surface area contributed by atoms with Gasteiger partial charge in [-0.05, 0) is 0 Å². The maximum absolute atomic E-state index is 11.3. The van der Waals surface area contributed by atoms with Gasteiger partial charge in [0.15, 0.2) is 0 Å². The SMILES string of the molecule is O=S(=O)(CCF)NC(F)(F)F.[H-].[Li+]. The molecular weight excluding hydrogens is 197 g/mol. The molecule has 3 nitrogen and oxygen atoms in total. The Hall–Kier alpha value is 0.227. The van der Waals surface area contributed by atoms with Crippen LogP contribution in [0.4, 0.5) is 17.6 Å². The number of hydrogen-bond donors (Lipinski definition) is 1. The Morgan fingerprint density at radius 1 is 1.33 bits per heavy atom. The summed E-state index contributed by atoms with van der Waals surface area (Å²) < 4.78 is 65.7. The number of alkyl halides is 4. The number of sulfonamides is 1. The number of hydrogen-bond acceptors (Lipinski definition) is 2. The summed E-state index contributed by atoms with van der Waals surface area (Å²) in [6, 6.07) is 0. The van der Waals surface area contributed by atoms with Gasteiger partial charge >= 0.3 is 25.2 Å². The average Bonchev–Trinajstić information content (AvgIpc) is 1.55. The van der Waals surface area contributed by atoms with E-state index in [0.29, 0.717) is 4.72 Å². The van der Waals surface area contributed by atoms with Crippen LogP contribution in [-0.2, 0) is 10.0 Å². The predicted octanol–water partition coefficient (Wildman–Crippen LogP) is -2.49. The van der Waals surface area contributed by atoms with Gasteiger partial charge in [-0.15, -0.1) is 4.72 Å². The summed E-state index contributed by atoms with van der Waals surface area (Å²) in [5, 5.41) is 0. The van der Waals surface area contributed by atoms with Crippen molar-refractivity contribution in [3.63, 3.8) is 0 Å². The molecule has 0 aromatic heterocycles. The van der Waals surface area contributed by atoms with Gasteiger partial charge in [-0.3, -0.25) is 0 Å².